The summed E-state index contributed by atoms with van der Waals surface area (Å²) in [5.41, 5.74) is 4.72. The number of ketones is 1. The Morgan fingerprint density at radius 2 is 1.66 bits per heavy atom. The quantitative estimate of drug-likeness (QED) is 0.345. The normalized spacial score (nSPS) is 19.9. The zero-order valence-corrected chi connectivity index (χ0v) is 18.2. The van der Waals surface area contributed by atoms with Gasteiger partial charge in [0.15, 0.2) is 0 Å². The lowest BCUT2D eigenvalue weighted by Crippen LogP contribution is -2.29. The van der Waals surface area contributed by atoms with Gasteiger partial charge in [-0.2, -0.15) is 0 Å². The maximum Gasteiger partial charge on any atom is 0.300 e. The second-order valence-corrected chi connectivity index (χ2v) is 8.64. The van der Waals surface area contributed by atoms with Crippen molar-refractivity contribution in [2.45, 2.75) is 45.6 Å². The summed E-state index contributed by atoms with van der Waals surface area (Å²) in [7, 11) is 0. The second kappa shape index (κ2) is 7.83. The molecule has 1 saturated heterocycles. The van der Waals surface area contributed by atoms with Crippen molar-refractivity contribution < 1.29 is 19.1 Å². The average molecular weight is 428 g/mol. The van der Waals surface area contributed by atoms with Gasteiger partial charge in [0.05, 0.1) is 5.57 Å². The molecule has 1 aliphatic heterocycles. The van der Waals surface area contributed by atoms with Gasteiger partial charge in [-0.25, -0.2) is 0 Å². The van der Waals surface area contributed by atoms with Gasteiger partial charge in [-0.1, -0.05) is 29.8 Å². The maximum atomic E-state index is 13.2. The van der Waals surface area contributed by atoms with Crippen molar-refractivity contribution in [3.05, 3.63) is 93.9 Å². The number of nitrogens with zero attached hydrogens (tertiary/aromatic N) is 1. The first kappa shape index (κ1) is 20.3. The number of anilines is 1. The van der Waals surface area contributed by atoms with Crippen LogP contribution in [-0.2, 0) is 22.4 Å². The summed E-state index contributed by atoms with van der Waals surface area (Å²) in [6.45, 7) is 3.77. The molecule has 2 heterocycles. The number of benzene rings is 2. The van der Waals surface area contributed by atoms with Crippen molar-refractivity contribution in [3.63, 3.8) is 0 Å². The van der Waals surface area contributed by atoms with E-state index in [1.165, 1.54) is 16.0 Å². The first-order valence-corrected chi connectivity index (χ1v) is 11.0. The van der Waals surface area contributed by atoms with Gasteiger partial charge < -0.3 is 9.52 Å². The highest BCUT2D eigenvalue weighted by molar-refractivity contribution is 6.51. The molecule has 5 heteroatoms. The summed E-state index contributed by atoms with van der Waals surface area (Å²) in [4.78, 5) is 27.8. The molecule has 1 amide bonds. The summed E-state index contributed by atoms with van der Waals surface area (Å²) in [5, 5.41) is 11.3. The summed E-state index contributed by atoms with van der Waals surface area (Å²) in [6.07, 6.45) is 4.26. The fourth-order valence-corrected chi connectivity index (χ4v) is 4.71. The Morgan fingerprint density at radius 1 is 0.938 bits per heavy atom. The monoisotopic (exact) mass is 427 g/mol. The van der Waals surface area contributed by atoms with E-state index in [4.69, 9.17) is 4.42 Å². The lowest BCUT2D eigenvalue weighted by Gasteiger charge is -2.23. The van der Waals surface area contributed by atoms with Gasteiger partial charge in [0.2, 0.25) is 0 Å². The van der Waals surface area contributed by atoms with Crippen LogP contribution in [0.2, 0.25) is 0 Å². The molecule has 0 radical (unpaired) electrons. The van der Waals surface area contributed by atoms with Crippen LogP contribution in [0, 0.1) is 13.8 Å². The summed E-state index contributed by atoms with van der Waals surface area (Å²) < 4.78 is 5.85. The molecular weight excluding hydrogens is 402 g/mol. The van der Waals surface area contributed by atoms with Crippen molar-refractivity contribution >= 4 is 23.1 Å². The number of aryl methyl sites for hydroxylation is 4. The minimum Gasteiger partial charge on any atom is -0.507 e. The fraction of sp³-hybridized carbons (Fsp3) is 0.259. The van der Waals surface area contributed by atoms with Gasteiger partial charge >= 0.3 is 0 Å². The van der Waals surface area contributed by atoms with Gasteiger partial charge in [-0.05, 0) is 81.0 Å². The predicted molar refractivity (Wildman–Crippen MR) is 122 cm³/mol. The Hall–Kier alpha value is -3.60. The summed E-state index contributed by atoms with van der Waals surface area (Å²) in [5.74, 6) is -0.428. The molecule has 32 heavy (non-hydrogen) atoms. The molecule has 1 N–H and O–H groups in total. The number of fused-ring (bicyclic) bond motifs is 1. The number of furan rings is 1. The average Bonchev–Trinajstić information content (AvgIpc) is 3.34. The highest BCUT2D eigenvalue weighted by Gasteiger charge is 2.48. The van der Waals surface area contributed by atoms with Gasteiger partial charge in [0.25, 0.3) is 11.7 Å². The standard InChI is InChI=1S/C27H25NO4/c1-16-7-12-21(13-8-16)28-24(22-14-9-17(2)32-22)23(26(30)27(28)31)25(29)20-11-10-18-5-3-4-6-19(18)15-20/h7-15,24,29H,3-6H2,1-2H3/b25-23-. The number of hydrogen-bond donors (Lipinski definition) is 1. The van der Waals surface area contributed by atoms with E-state index in [9.17, 15) is 14.7 Å². The zero-order valence-electron chi connectivity index (χ0n) is 18.2. The minimum absolute atomic E-state index is 0.0562. The molecule has 0 spiro atoms. The first-order valence-electron chi connectivity index (χ1n) is 11.0. The molecule has 1 aliphatic carbocycles. The van der Waals surface area contributed by atoms with E-state index in [1.54, 1.807) is 12.1 Å². The maximum absolute atomic E-state index is 13.2. The van der Waals surface area contributed by atoms with E-state index < -0.39 is 17.7 Å². The molecule has 2 aliphatic rings. The van der Waals surface area contributed by atoms with Gasteiger partial charge in [0, 0.05) is 11.3 Å². The molecule has 1 fully saturated rings. The van der Waals surface area contributed by atoms with Crippen molar-refractivity contribution in [1.29, 1.82) is 0 Å². The van der Waals surface area contributed by atoms with E-state index in [1.807, 2.05) is 56.3 Å². The second-order valence-electron chi connectivity index (χ2n) is 8.64. The third kappa shape index (κ3) is 3.34. The minimum atomic E-state index is -0.831. The van der Waals surface area contributed by atoms with Crippen LogP contribution in [-0.4, -0.2) is 16.8 Å². The Morgan fingerprint density at radius 3 is 2.34 bits per heavy atom. The van der Waals surface area contributed by atoms with Crippen LogP contribution < -0.4 is 4.90 Å². The number of carbonyl (C=O) groups is 2. The smallest absolute Gasteiger partial charge is 0.300 e. The van der Waals surface area contributed by atoms with E-state index in [0.717, 1.165) is 31.2 Å². The molecule has 0 bridgehead atoms. The number of aliphatic hydroxyl groups excluding tert-OH is 1. The Kier molecular flexibility index (Phi) is 4.97. The third-order valence-corrected chi connectivity index (χ3v) is 6.41. The molecule has 162 valence electrons. The number of carbonyl (C=O) groups excluding carboxylic acids is 2. The number of rotatable bonds is 3. The number of Topliss-reactive ketones (excluding diaryl/α,β-unsaturated/α-hetero) is 1. The summed E-state index contributed by atoms with van der Waals surface area (Å²) >= 11 is 0. The van der Waals surface area contributed by atoms with Crippen molar-refractivity contribution in [3.8, 4) is 0 Å². The highest BCUT2D eigenvalue weighted by Crippen LogP contribution is 2.43. The van der Waals surface area contributed by atoms with E-state index in [-0.39, 0.29) is 11.3 Å². The number of hydrogen-bond acceptors (Lipinski definition) is 4. The molecular formula is C27H25NO4. The summed E-state index contributed by atoms with van der Waals surface area (Å²) in [6, 6.07) is 15.9. The fourth-order valence-electron chi connectivity index (χ4n) is 4.71. The van der Waals surface area contributed by atoms with Gasteiger partial charge in [-0.15, -0.1) is 0 Å². The van der Waals surface area contributed by atoms with E-state index in [0.29, 0.717) is 22.8 Å². The molecule has 5 rings (SSSR count). The number of amides is 1. The van der Waals surface area contributed by atoms with Gasteiger partial charge in [0.1, 0.15) is 23.3 Å². The Bertz CT molecular complexity index is 1250. The lowest BCUT2D eigenvalue weighted by molar-refractivity contribution is -0.132. The molecule has 3 aromatic rings. The topological polar surface area (TPSA) is 70.8 Å². The van der Waals surface area contributed by atoms with Crippen LogP contribution >= 0.6 is 0 Å². The first-order chi connectivity index (χ1) is 15.4. The largest absolute Gasteiger partial charge is 0.507 e. The van der Waals surface area contributed by atoms with Crippen molar-refractivity contribution in [2.75, 3.05) is 4.90 Å². The third-order valence-electron chi connectivity index (χ3n) is 6.41. The molecule has 0 saturated carbocycles. The van der Waals surface area contributed by atoms with E-state index >= 15 is 0 Å². The highest BCUT2D eigenvalue weighted by atomic mass is 16.3. The molecule has 1 atom stereocenters. The van der Waals surface area contributed by atoms with E-state index in [2.05, 4.69) is 0 Å². The predicted octanol–water partition coefficient (Wildman–Crippen LogP) is 5.40. The Labute approximate surface area is 187 Å². The van der Waals surface area contributed by atoms with Crippen LogP contribution in [0.1, 0.15) is 52.7 Å². The lowest BCUT2D eigenvalue weighted by atomic mass is 9.89. The van der Waals surface area contributed by atoms with Crippen LogP contribution in [0.5, 0.6) is 0 Å². The molecule has 5 nitrogen and oxygen atoms in total. The van der Waals surface area contributed by atoms with Crippen LogP contribution in [0.25, 0.3) is 5.76 Å². The van der Waals surface area contributed by atoms with Crippen LogP contribution in [0.3, 0.4) is 0 Å². The molecule has 1 unspecified atom stereocenters. The molecule has 1 aromatic heterocycles. The molecule has 2 aromatic carbocycles. The van der Waals surface area contributed by atoms with Crippen LogP contribution in [0.15, 0.2) is 64.6 Å². The SMILES string of the molecule is Cc1ccc(N2C(=O)C(=O)/C(=C(\O)c3ccc4c(c3)CCCC4)C2c2ccc(C)o2)cc1. The van der Waals surface area contributed by atoms with Crippen molar-refractivity contribution in [2.24, 2.45) is 0 Å². The van der Waals surface area contributed by atoms with Gasteiger partial charge in [-0.3, -0.25) is 14.5 Å². The van der Waals surface area contributed by atoms with Crippen molar-refractivity contribution in [1.82, 2.24) is 0 Å². The Balaban J connectivity index is 1.68. The number of aliphatic hydroxyl groups is 1. The zero-order chi connectivity index (χ0) is 22.4. The van der Waals surface area contributed by atoms with Crippen LogP contribution in [0.4, 0.5) is 5.69 Å².